The molecular weight excluding hydrogens is 451 g/mol. The lowest BCUT2D eigenvalue weighted by Crippen LogP contribution is -2.41. The fraction of sp³-hybridized carbons (Fsp3) is 0.261. The number of hydrogen-bond acceptors (Lipinski definition) is 6. The van der Waals surface area contributed by atoms with E-state index in [0.29, 0.717) is 42.6 Å². The van der Waals surface area contributed by atoms with Gasteiger partial charge in [-0.2, -0.15) is 23.5 Å². The number of hydrogen-bond donors (Lipinski definition) is 1. The lowest BCUT2D eigenvalue weighted by Gasteiger charge is -2.23. The van der Waals surface area contributed by atoms with Crippen molar-refractivity contribution in [1.82, 2.24) is 20.1 Å². The van der Waals surface area contributed by atoms with Crippen LogP contribution >= 0.6 is 0 Å². The van der Waals surface area contributed by atoms with Gasteiger partial charge in [0.2, 0.25) is 0 Å². The molecule has 0 radical (unpaired) electrons. The van der Waals surface area contributed by atoms with Crippen molar-refractivity contribution in [3.63, 3.8) is 0 Å². The molecule has 1 aliphatic rings. The van der Waals surface area contributed by atoms with Gasteiger partial charge in [-0.15, -0.1) is 0 Å². The highest BCUT2D eigenvalue weighted by Gasteiger charge is 2.32. The number of carbonyl (C=O) groups excluding carboxylic acids is 2. The summed E-state index contributed by atoms with van der Waals surface area (Å²) in [5.41, 5.74) is 1.81. The van der Waals surface area contributed by atoms with Gasteiger partial charge in [0.1, 0.15) is 17.5 Å². The van der Waals surface area contributed by atoms with Crippen molar-refractivity contribution in [3.05, 3.63) is 70.7 Å². The minimum absolute atomic E-state index is 0.0673. The van der Waals surface area contributed by atoms with Gasteiger partial charge in [0.15, 0.2) is 18.7 Å². The number of benzene rings is 1. The van der Waals surface area contributed by atoms with Crippen LogP contribution in [0.5, 0.6) is 5.75 Å². The number of fused-ring (bicyclic) bond motifs is 1. The van der Waals surface area contributed by atoms with E-state index in [0.717, 1.165) is 5.56 Å². The standard InChI is InChI=1S/C23H18F3N5O3/c24-23(25,26)13-34-17-3-1-2-14(8-17)4-6-16-9-18-21(22(33)29-16)19(12-32)31(30-18)20-7-5-15(10-27)11-28-20/h1-3,5,7-8,11-12,16H,4,6,9,13H2,(H,29,33). The Morgan fingerprint density at radius 3 is 2.79 bits per heavy atom. The second-order valence-electron chi connectivity index (χ2n) is 7.72. The number of amides is 1. The van der Waals surface area contributed by atoms with Crippen LogP contribution in [-0.4, -0.2) is 45.8 Å². The number of aldehydes is 1. The number of rotatable bonds is 7. The molecule has 2 aromatic heterocycles. The highest BCUT2D eigenvalue weighted by molar-refractivity contribution is 6.03. The fourth-order valence-electron chi connectivity index (χ4n) is 3.74. The van der Waals surface area contributed by atoms with Crippen molar-refractivity contribution in [2.45, 2.75) is 31.5 Å². The van der Waals surface area contributed by atoms with Crippen LogP contribution in [-0.2, 0) is 12.8 Å². The van der Waals surface area contributed by atoms with Gasteiger partial charge in [0.05, 0.1) is 16.8 Å². The molecule has 3 heterocycles. The Hall–Kier alpha value is -4.20. The maximum absolute atomic E-state index is 12.8. The van der Waals surface area contributed by atoms with E-state index < -0.39 is 18.7 Å². The van der Waals surface area contributed by atoms with E-state index in [1.54, 1.807) is 12.1 Å². The van der Waals surface area contributed by atoms with E-state index in [1.807, 2.05) is 6.07 Å². The van der Waals surface area contributed by atoms with E-state index >= 15 is 0 Å². The van der Waals surface area contributed by atoms with Crippen molar-refractivity contribution >= 4 is 12.2 Å². The van der Waals surface area contributed by atoms with Crippen LogP contribution < -0.4 is 10.1 Å². The highest BCUT2D eigenvalue weighted by Crippen LogP contribution is 2.24. The number of ether oxygens (including phenoxy) is 1. The molecule has 0 spiro atoms. The summed E-state index contributed by atoms with van der Waals surface area (Å²) in [4.78, 5) is 28.6. The molecular formula is C23H18F3N5O3. The normalized spacial score (nSPS) is 15.2. The lowest BCUT2D eigenvalue weighted by atomic mass is 9.95. The molecule has 0 bridgehead atoms. The van der Waals surface area contributed by atoms with Crippen molar-refractivity contribution in [2.24, 2.45) is 0 Å². The molecule has 4 rings (SSSR count). The number of aromatic nitrogens is 3. The molecule has 0 saturated heterocycles. The quantitative estimate of drug-likeness (QED) is 0.533. The number of carbonyl (C=O) groups is 2. The van der Waals surface area contributed by atoms with Gasteiger partial charge < -0.3 is 10.1 Å². The molecule has 0 fully saturated rings. The van der Waals surface area contributed by atoms with E-state index in [9.17, 15) is 22.8 Å². The summed E-state index contributed by atoms with van der Waals surface area (Å²) in [5.74, 6) is -0.0138. The third-order valence-electron chi connectivity index (χ3n) is 5.28. The zero-order valence-corrected chi connectivity index (χ0v) is 17.7. The third-order valence-corrected chi connectivity index (χ3v) is 5.28. The van der Waals surface area contributed by atoms with E-state index in [1.165, 1.54) is 35.1 Å². The Balaban J connectivity index is 1.48. The SMILES string of the molecule is N#Cc1ccc(-n2nc3c(c2C=O)C(=O)NC(CCc2cccc(OCC(F)(F)F)c2)C3)nc1. The van der Waals surface area contributed by atoms with Crippen LogP contribution in [0.15, 0.2) is 42.6 Å². The van der Waals surface area contributed by atoms with Gasteiger partial charge in [-0.3, -0.25) is 9.59 Å². The second-order valence-corrected chi connectivity index (χ2v) is 7.72. The monoisotopic (exact) mass is 469 g/mol. The fourth-order valence-corrected chi connectivity index (χ4v) is 3.74. The first-order chi connectivity index (χ1) is 16.3. The summed E-state index contributed by atoms with van der Waals surface area (Å²) < 4.78 is 43.2. The number of alkyl halides is 3. The average Bonchev–Trinajstić information content (AvgIpc) is 3.20. The largest absolute Gasteiger partial charge is 0.484 e. The van der Waals surface area contributed by atoms with Gasteiger partial charge in [0.25, 0.3) is 5.91 Å². The van der Waals surface area contributed by atoms with Crippen molar-refractivity contribution in [1.29, 1.82) is 5.26 Å². The summed E-state index contributed by atoms with van der Waals surface area (Å²) in [6.45, 7) is -1.37. The van der Waals surface area contributed by atoms with Gasteiger partial charge >= 0.3 is 6.18 Å². The van der Waals surface area contributed by atoms with Crippen molar-refractivity contribution in [3.8, 4) is 17.6 Å². The molecule has 34 heavy (non-hydrogen) atoms. The molecule has 1 aromatic carbocycles. The molecule has 1 aliphatic heterocycles. The number of aryl methyl sites for hydroxylation is 1. The van der Waals surface area contributed by atoms with Gasteiger partial charge in [-0.25, -0.2) is 9.67 Å². The molecule has 174 valence electrons. The number of pyridine rings is 1. The lowest BCUT2D eigenvalue weighted by molar-refractivity contribution is -0.153. The number of halogens is 3. The minimum atomic E-state index is -4.42. The van der Waals surface area contributed by atoms with Crippen LogP contribution in [0.1, 0.15) is 44.1 Å². The van der Waals surface area contributed by atoms with Crippen LogP contribution in [0.25, 0.3) is 5.82 Å². The summed E-state index contributed by atoms with van der Waals surface area (Å²) in [6.07, 6.45) is -1.17. The van der Waals surface area contributed by atoms with E-state index in [-0.39, 0.29) is 23.0 Å². The molecule has 8 nitrogen and oxygen atoms in total. The first-order valence-corrected chi connectivity index (χ1v) is 10.3. The first-order valence-electron chi connectivity index (χ1n) is 10.3. The molecule has 1 N–H and O–H groups in total. The van der Waals surface area contributed by atoms with Gasteiger partial charge in [-0.1, -0.05) is 12.1 Å². The van der Waals surface area contributed by atoms with Crippen LogP contribution in [0, 0.1) is 11.3 Å². The summed E-state index contributed by atoms with van der Waals surface area (Å²) in [5, 5.41) is 16.2. The Morgan fingerprint density at radius 2 is 2.12 bits per heavy atom. The predicted molar refractivity (Wildman–Crippen MR) is 113 cm³/mol. The predicted octanol–water partition coefficient (Wildman–Crippen LogP) is 3.18. The third kappa shape index (κ3) is 5.06. The molecule has 11 heteroatoms. The molecule has 1 atom stereocenters. The Morgan fingerprint density at radius 1 is 1.29 bits per heavy atom. The van der Waals surface area contributed by atoms with Gasteiger partial charge in [0, 0.05) is 18.7 Å². The first kappa shape index (κ1) is 23.0. The smallest absolute Gasteiger partial charge is 0.422 e. The van der Waals surface area contributed by atoms with Crippen LogP contribution in [0.2, 0.25) is 0 Å². The second kappa shape index (κ2) is 9.35. The molecule has 0 aliphatic carbocycles. The van der Waals surface area contributed by atoms with Gasteiger partial charge in [-0.05, 0) is 42.7 Å². The minimum Gasteiger partial charge on any atom is -0.484 e. The maximum atomic E-state index is 12.8. The number of nitriles is 1. The molecule has 0 saturated carbocycles. The molecule has 1 unspecified atom stereocenters. The zero-order valence-electron chi connectivity index (χ0n) is 17.7. The molecule has 1 amide bonds. The van der Waals surface area contributed by atoms with Crippen LogP contribution in [0.3, 0.4) is 0 Å². The van der Waals surface area contributed by atoms with Crippen LogP contribution in [0.4, 0.5) is 13.2 Å². The summed E-state index contributed by atoms with van der Waals surface area (Å²) in [6, 6.07) is 11.1. The van der Waals surface area contributed by atoms with E-state index in [2.05, 4.69) is 15.4 Å². The van der Waals surface area contributed by atoms with Crippen molar-refractivity contribution < 1.29 is 27.5 Å². The van der Waals surface area contributed by atoms with Crippen molar-refractivity contribution in [2.75, 3.05) is 6.61 Å². The Labute approximate surface area is 192 Å². The topological polar surface area (TPSA) is 110 Å². The Bertz CT molecular complexity index is 1260. The summed E-state index contributed by atoms with van der Waals surface area (Å²) in [7, 11) is 0. The zero-order chi connectivity index (χ0) is 24.3. The highest BCUT2D eigenvalue weighted by atomic mass is 19.4. The Kier molecular flexibility index (Phi) is 6.32. The number of nitrogens with zero attached hydrogens (tertiary/aromatic N) is 4. The average molecular weight is 469 g/mol. The maximum Gasteiger partial charge on any atom is 0.422 e. The van der Waals surface area contributed by atoms with E-state index in [4.69, 9.17) is 10.00 Å². The molecule has 3 aromatic rings. The summed E-state index contributed by atoms with van der Waals surface area (Å²) >= 11 is 0. The number of nitrogens with one attached hydrogen (secondary N) is 1.